The highest BCUT2D eigenvalue weighted by Crippen LogP contribution is 2.23. The molecule has 0 aromatic heterocycles. The van der Waals surface area contributed by atoms with Gasteiger partial charge in [-0.1, -0.05) is 0 Å². The van der Waals surface area contributed by atoms with E-state index in [1.165, 1.54) is 7.11 Å². The van der Waals surface area contributed by atoms with Crippen molar-refractivity contribution < 1.29 is 9.53 Å². The second-order valence-corrected chi connectivity index (χ2v) is 2.60. The lowest BCUT2D eigenvalue weighted by atomic mass is 10.4. The van der Waals surface area contributed by atoms with E-state index in [2.05, 4.69) is 9.73 Å². The summed E-state index contributed by atoms with van der Waals surface area (Å²) in [5, 5.41) is 0. The van der Waals surface area contributed by atoms with Crippen molar-refractivity contribution in [2.45, 2.75) is 25.3 Å². The van der Waals surface area contributed by atoms with Gasteiger partial charge in [0.25, 0.3) is 0 Å². The van der Waals surface area contributed by atoms with Crippen LogP contribution in [0.15, 0.2) is 4.99 Å². The van der Waals surface area contributed by atoms with E-state index in [1.807, 2.05) is 0 Å². The number of esters is 1. The van der Waals surface area contributed by atoms with Gasteiger partial charge in [0.1, 0.15) is 12.3 Å². The maximum atomic E-state index is 10.6. The molecule has 1 aliphatic carbocycles. The van der Waals surface area contributed by atoms with Crippen molar-refractivity contribution in [3.63, 3.8) is 0 Å². The molecule has 4 nitrogen and oxygen atoms in total. The Morgan fingerprint density at radius 1 is 1.73 bits per heavy atom. The molecule has 0 amide bonds. The summed E-state index contributed by atoms with van der Waals surface area (Å²) in [7, 11) is 1.34. The number of carbonyl (C=O) groups excluding carboxylic acids is 1. The largest absolute Gasteiger partial charge is 0.469 e. The highest BCUT2D eigenvalue weighted by molar-refractivity contribution is 5.96. The third-order valence-corrected chi connectivity index (χ3v) is 1.45. The van der Waals surface area contributed by atoms with Crippen LogP contribution in [0.2, 0.25) is 0 Å². The molecule has 0 saturated heterocycles. The van der Waals surface area contributed by atoms with Crippen molar-refractivity contribution in [3.05, 3.63) is 0 Å². The number of hydrogen-bond donors (Lipinski definition) is 1. The molecule has 11 heavy (non-hydrogen) atoms. The minimum absolute atomic E-state index is 0.118. The maximum Gasteiger partial charge on any atom is 0.313 e. The predicted molar refractivity (Wildman–Crippen MR) is 41.3 cm³/mol. The molecule has 0 unspecified atom stereocenters. The molecule has 0 spiro atoms. The van der Waals surface area contributed by atoms with E-state index in [-0.39, 0.29) is 12.4 Å². The number of carbonyl (C=O) groups is 1. The lowest BCUT2D eigenvalue weighted by Crippen LogP contribution is -2.18. The summed E-state index contributed by atoms with van der Waals surface area (Å²) < 4.78 is 4.42. The van der Waals surface area contributed by atoms with Crippen LogP contribution in [0.1, 0.15) is 19.3 Å². The quantitative estimate of drug-likeness (QED) is 0.357. The van der Waals surface area contributed by atoms with E-state index in [4.69, 9.17) is 5.73 Å². The van der Waals surface area contributed by atoms with Crippen LogP contribution >= 0.6 is 0 Å². The molecule has 0 aromatic rings. The fourth-order valence-electron chi connectivity index (χ4n) is 0.704. The van der Waals surface area contributed by atoms with Gasteiger partial charge >= 0.3 is 5.97 Å². The maximum absolute atomic E-state index is 10.6. The Morgan fingerprint density at radius 2 is 2.36 bits per heavy atom. The molecule has 2 N–H and O–H groups in total. The standard InChI is InChI=1S/C7H12N2O2/c1-11-7(10)4-6(8)9-5-2-3-5/h5H,2-4H2,1H3,(H2,8,9). The Bertz CT molecular complexity index is 185. The molecule has 0 radical (unpaired) electrons. The zero-order valence-electron chi connectivity index (χ0n) is 6.54. The lowest BCUT2D eigenvalue weighted by Gasteiger charge is -1.97. The average Bonchev–Trinajstić information content (AvgIpc) is 2.71. The molecule has 1 rings (SSSR count). The van der Waals surface area contributed by atoms with Gasteiger partial charge in [-0.2, -0.15) is 0 Å². The van der Waals surface area contributed by atoms with Crippen molar-refractivity contribution in [2.75, 3.05) is 7.11 Å². The minimum Gasteiger partial charge on any atom is -0.469 e. The van der Waals surface area contributed by atoms with Crippen LogP contribution in [0.3, 0.4) is 0 Å². The summed E-state index contributed by atoms with van der Waals surface area (Å²) in [6, 6.07) is 0.375. The van der Waals surface area contributed by atoms with Gasteiger partial charge < -0.3 is 10.5 Å². The Kier molecular flexibility index (Phi) is 2.46. The molecule has 0 aliphatic heterocycles. The molecule has 0 heterocycles. The first-order valence-corrected chi connectivity index (χ1v) is 3.61. The fraction of sp³-hybridized carbons (Fsp3) is 0.714. The van der Waals surface area contributed by atoms with E-state index >= 15 is 0 Å². The first kappa shape index (κ1) is 8.04. The second-order valence-electron chi connectivity index (χ2n) is 2.60. The Hall–Kier alpha value is -1.06. The van der Waals surface area contributed by atoms with E-state index in [1.54, 1.807) is 0 Å². The highest BCUT2D eigenvalue weighted by atomic mass is 16.5. The van der Waals surface area contributed by atoms with Crippen LogP contribution in [0.25, 0.3) is 0 Å². The van der Waals surface area contributed by atoms with E-state index in [0.717, 1.165) is 12.8 Å². The number of nitrogens with zero attached hydrogens (tertiary/aromatic N) is 1. The molecule has 1 saturated carbocycles. The smallest absolute Gasteiger partial charge is 0.313 e. The van der Waals surface area contributed by atoms with Gasteiger partial charge in [-0.25, -0.2) is 0 Å². The topological polar surface area (TPSA) is 64.7 Å². The summed E-state index contributed by atoms with van der Waals surface area (Å²) in [4.78, 5) is 14.7. The Balaban J connectivity index is 2.28. The zero-order valence-corrected chi connectivity index (χ0v) is 6.54. The average molecular weight is 156 g/mol. The third-order valence-electron chi connectivity index (χ3n) is 1.45. The number of nitrogens with two attached hydrogens (primary N) is 1. The van der Waals surface area contributed by atoms with Crippen LogP contribution in [0.5, 0.6) is 0 Å². The number of methoxy groups -OCH3 is 1. The van der Waals surface area contributed by atoms with Gasteiger partial charge in [-0.05, 0) is 12.8 Å². The first-order chi connectivity index (χ1) is 5.22. The van der Waals surface area contributed by atoms with Gasteiger partial charge in [0.2, 0.25) is 0 Å². The second kappa shape index (κ2) is 3.37. The summed E-state index contributed by atoms with van der Waals surface area (Å²) in [5.74, 6) is 0.0613. The van der Waals surface area contributed by atoms with Gasteiger partial charge in [-0.15, -0.1) is 0 Å². The zero-order chi connectivity index (χ0) is 8.27. The molecule has 0 atom stereocenters. The summed E-state index contributed by atoms with van der Waals surface area (Å²) in [6.45, 7) is 0. The Morgan fingerprint density at radius 3 is 2.82 bits per heavy atom. The number of rotatable bonds is 3. The van der Waals surface area contributed by atoms with Crippen LogP contribution in [0, 0.1) is 0 Å². The fourth-order valence-corrected chi connectivity index (χ4v) is 0.704. The van der Waals surface area contributed by atoms with Crippen molar-refractivity contribution in [3.8, 4) is 0 Å². The molecule has 1 fully saturated rings. The van der Waals surface area contributed by atoms with Crippen molar-refractivity contribution >= 4 is 11.8 Å². The van der Waals surface area contributed by atoms with Crippen LogP contribution in [-0.4, -0.2) is 25.0 Å². The molecule has 1 aliphatic rings. The van der Waals surface area contributed by atoms with E-state index < -0.39 is 0 Å². The number of hydrogen-bond acceptors (Lipinski definition) is 3. The first-order valence-electron chi connectivity index (χ1n) is 3.61. The number of aliphatic imine (C=N–C) groups is 1. The Labute approximate surface area is 65.4 Å². The summed E-state index contributed by atoms with van der Waals surface area (Å²) in [6.07, 6.45) is 2.32. The summed E-state index contributed by atoms with van der Waals surface area (Å²) >= 11 is 0. The SMILES string of the molecule is COC(=O)CC(N)=NC1CC1. The predicted octanol–water partition coefficient (Wildman–Crippen LogP) is 0.0691. The number of ether oxygens (including phenoxy) is 1. The highest BCUT2D eigenvalue weighted by Gasteiger charge is 2.20. The normalized spacial score (nSPS) is 18.1. The number of amidine groups is 1. The van der Waals surface area contributed by atoms with Gasteiger partial charge in [0.15, 0.2) is 0 Å². The third kappa shape index (κ3) is 3.02. The van der Waals surface area contributed by atoms with Crippen molar-refractivity contribution in [1.29, 1.82) is 0 Å². The molecule has 0 aromatic carbocycles. The van der Waals surface area contributed by atoms with E-state index in [0.29, 0.717) is 11.9 Å². The molecule has 4 heteroatoms. The van der Waals surface area contributed by atoms with Gasteiger partial charge in [0.05, 0.1) is 13.2 Å². The van der Waals surface area contributed by atoms with Crippen LogP contribution < -0.4 is 5.73 Å². The molecule has 62 valence electrons. The lowest BCUT2D eigenvalue weighted by molar-refractivity contribution is -0.139. The molecular formula is C7H12N2O2. The summed E-state index contributed by atoms with van der Waals surface area (Å²) in [5.41, 5.74) is 5.44. The molecule has 0 bridgehead atoms. The van der Waals surface area contributed by atoms with Crippen molar-refractivity contribution in [1.82, 2.24) is 0 Å². The minimum atomic E-state index is -0.327. The van der Waals surface area contributed by atoms with Crippen LogP contribution in [-0.2, 0) is 9.53 Å². The van der Waals surface area contributed by atoms with Gasteiger partial charge in [-0.3, -0.25) is 9.79 Å². The van der Waals surface area contributed by atoms with E-state index in [9.17, 15) is 4.79 Å². The molecular weight excluding hydrogens is 144 g/mol. The monoisotopic (exact) mass is 156 g/mol. The van der Waals surface area contributed by atoms with Gasteiger partial charge in [0, 0.05) is 0 Å². The van der Waals surface area contributed by atoms with Crippen LogP contribution in [0.4, 0.5) is 0 Å². The van der Waals surface area contributed by atoms with Crippen molar-refractivity contribution in [2.24, 2.45) is 10.7 Å².